The normalized spacial score (nSPS) is 14.6. The number of aliphatic imine (C=N–C) groups is 1. The molecule has 3 aromatic rings. The van der Waals surface area contributed by atoms with Crippen LogP contribution in [0.15, 0.2) is 86.4 Å². The molecule has 0 N–H and O–H groups in total. The summed E-state index contributed by atoms with van der Waals surface area (Å²) in [4.78, 5) is 16.6. The van der Waals surface area contributed by atoms with Crippen molar-refractivity contribution in [3.8, 4) is 5.75 Å². The van der Waals surface area contributed by atoms with E-state index >= 15 is 0 Å². The molecule has 3 aromatic carbocycles. The van der Waals surface area contributed by atoms with E-state index in [0.29, 0.717) is 18.3 Å². The smallest absolute Gasteiger partial charge is 0.363 e. The Morgan fingerprint density at radius 2 is 1.67 bits per heavy atom. The maximum Gasteiger partial charge on any atom is 0.363 e. The third-order valence-corrected chi connectivity index (χ3v) is 6.16. The van der Waals surface area contributed by atoms with Gasteiger partial charge in [-0.05, 0) is 108 Å². The second-order valence-electron chi connectivity index (χ2n) is 6.43. The van der Waals surface area contributed by atoms with Crippen LogP contribution in [0.4, 0.5) is 0 Å². The predicted molar refractivity (Wildman–Crippen MR) is 132 cm³/mol. The summed E-state index contributed by atoms with van der Waals surface area (Å²) in [5.74, 6) is 0.528. The first-order valence-corrected chi connectivity index (χ1v) is 11.6. The van der Waals surface area contributed by atoms with Crippen LogP contribution in [0.1, 0.15) is 16.7 Å². The van der Waals surface area contributed by atoms with E-state index in [9.17, 15) is 4.79 Å². The van der Waals surface area contributed by atoms with Crippen molar-refractivity contribution < 1.29 is 14.3 Å². The van der Waals surface area contributed by atoms with Gasteiger partial charge in [0.25, 0.3) is 0 Å². The lowest BCUT2D eigenvalue weighted by Gasteiger charge is -2.11. The third kappa shape index (κ3) is 5.01. The number of ether oxygens (including phenoxy) is 2. The number of halogens is 3. The van der Waals surface area contributed by atoms with Gasteiger partial charge >= 0.3 is 5.97 Å². The van der Waals surface area contributed by atoms with Gasteiger partial charge in [0.1, 0.15) is 12.4 Å². The summed E-state index contributed by atoms with van der Waals surface area (Å²) in [5.41, 5.74) is 2.88. The summed E-state index contributed by atoms with van der Waals surface area (Å²) in [6.45, 7) is 0.450. The number of nitrogens with zero attached hydrogens (tertiary/aromatic N) is 1. The second kappa shape index (κ2) is 9.45. The van der Waals surface area contributed by atoms with Crippen LogP contribution in [-0.4, -0.2) is 11.9 Å². The summed E-state index contributed by atoms with van der Waals surface area (Å²) in [6.07, 6.45) is 1.69. The van der Waals surface area contributed by atoms with Crippen molar-refractivity contribution in [3.63, 3.8) is 0 Å². The highest BCUT2D eigenvalue weighted by atomic mass is 127. The summed E-state index contributed by atoms with van der Waals surface area (Å²) in [7, 11) is 0. The van der Waals surface area contributed by atoms with Gasteiger partial charge in [-0.3, -0.25) is 0 Å². The van der Waals surface area contributed by atoms with Crippen molar-refractivity contribution in [1.82, 2.24) is 0 Å². The van der Waals surface area contributed by atoms with E-state index in [1.165, 1.54) is 3.57 Å². The van der Waals surface area contributed by atoms with E-state index in [4.69, 9.17) is 9.47 Å². The molecule has 0 aliphatic carbocycles. The number of carbonyl (C=O) groups excluding carboxylic acids is 1. The molecular weight excluding hydrogens is 625 g/mol. The zero-order valence-corrected chi connectivity index (χ0v) is 20.8. The molecule has 0 aromatic heterocycles. The number of benzene rings is 3. The van der Waals surface area contributed by atoms with Gasteiger partial charge in [-0.2, -0.15) is 0 Å². The van der Waals surface area contributed by atoms with Crippen LogP contribution in [0.2, 0.25) is 0 Å². The van der Waals surface area contributed by atoms with Crippen LogP contribution in [0, 0.1) is 3.57 Å². The number of carbonyl (C=O) groups is 1. The van der Waals surface area contributed by atoms with E-state index in [-0.39, 0.29) is 5.70 Å². The van der Waals surface area contributed by atoms with Crippen molar-refractivity contribution in [2.75, 3.05) is 0 Å². The molecule has 0 bridgehead atoms. The molecule has 0 saturated heterocycles. The highest BCUT2D eigenvalue weighted by molar-refractivity contribution is 14.1. The Morgan fingerprint density at radius 3 is 2.33 bits per heavy atom. The second-order valence-corrected chi connectivity index (χ2v) is 9.39. The molecule has 0 unspecified atom stereocenters. The van der Waals surface area contributed by atoms with Crippen LogP contribution in [0.25, 0.3) is 6.08 Å². The van der Waals surface area contributed by atoms with Gasteiger partial charge in [-0.15, -0.1) is 0 Å². The fourth-order valence-corrected chi connectivity index (χ4v) is 4.62. The largest absolute Gasteiger partial charge is 0.487 e. The lowest BCUT2D eigenvalue weighted by molar-refractivity contribution is -0.129. The van der Waals surface area contributed by atoms with Crippen molar-refractivity contribution in [2.45, 2.75) is 6.61 Å². The predicted octanol–water partition coefficient (Wildman–Crippen LogP) is 6.74. The van der Waals surface area contributed by atoms with Crippen molar-refractivity contribution in [2.24, 2.45) is 4.99 Å². The minimum absolute atomic E-state index is 0.250. The van der Waals surface area contributed by atoms with Crippen LogP contribution in [0.5, 0.6) is 5.75 Å². The molecule has 7 heteroatoms. The highest BCUT2D eigenvalue weighted by Gasteiger charge is 2.24. The Bertz CT molecular complexity index is 1140. The van der Waals surface area contributed by atoms with E-state index in [2.05, 4.69) is 59.4 Å². The van der Waals surface area contributed by atoms with E-state index in [1.54, 1.807) is 6.08 Å². The molecule has 0 spiro atoms. The first kappa shape index (κ1) is 21.3. The maximum absolute atomic E-state index is 12.2. The first-order valence-electron chi connectivity index (χ1n) is 8.94. The van der Waals surface area contributed by atoms with E-state index in [1.807, 2.05) is 66.7 Å². The molecule has 0 fully saturated rings. The summed E-state index contributed by atoms with van der Waals surface area (Å²) < 4.78 is 14.0. The van der Waals surface area contributed by atoms with E-state index in [0.717, 1.165) is 25.6 Å². The quantitative estimate of drug-likeness (QED) is 0.177. The lowest BCUT2D eigenvalue weighted by Crippen LogP contribution is -2.04. The lowest BCUT2D eigenvalue weighted by atomic mass is 10.2. The van der Waals surface area contributed by atoms with Gasteiger partial charge in [-0.25, -0.2) is 9.79 Å². The van der Waals surface area contributed by atoms with Crippen LogP contribution >= 0.6 is 54.5 Å². The van der Waals surface area contributed by atoms with Gasteiger partial charge in [-0.1, -0.05) is 30.3 Å². The van der Waals surface area contributed by atoms with Crippen molar-refractivity contribution in [1.29, 1.82) is 0 Å². The molecular formula is C23H14Br2INO3. The Balaban J connectivity index is 1.55. The zero-order valence-electron chi connectivity index (χ0n) is 15.4. The standard InChI is InChI=1S/C23H14Br2INO3/c24-18-10-15(11-19(25)21(18)29-13-14-6-8-17(26)9-7-14)12-20-23(28)30-22(27-20)16-4-2-1-3-5-16/h1-12H,13H2/b20-12-. The average molecular weight is 639 g/mol. The molecule has 0 atom stereocenters. The zero-order chi connectivity index (χ0) is 21.1. The Labute approximate surface area is 204 Å². The van der Waals surface area contributed by atoms with Gasteiger partial charge in [0.15, 0.2) is 5.70 Å². The SMILES string of the molecule is O=C1OC(c2ccccc2)=N/C1=C\c1cc(Br)c(OCc2ccc(I)cc2)c(Br)c1. The highest BCUT2D eigenvalue weighted by Crippen LogP contribution is 2.36. The molecule has 1 aliphatic heterocycles. The van der Waals surface area contributed by atoms with Gasteiger partial charge in [0.05, 0.1) is 8.95 Å². The number of cyclic esters (lactones) is 1. The number of esters is 1. The molecule has 4 nitrogen and oxygen atoms in total. The maximum atomic E-state index is 12.2. The fourth-order valence-electron chi connectivity index (χ4n) is 2.81. The third-order valence-electron chi connectivity index (χ3n) is 4.26. The Kier molecular flexibility index (Phi) is 6.70. The number of rotatable bonds is 5. The summed E-state index contributed by atoms with van der Waals surface area (Å²) in [5, 5.41) is 0. The molecule has 0 saturated carbocycles. The van der Waals surface area contributed by atoms with Crippen LogP contribution in [-0.2, 0) is 16.1 Å². The monoisotopic (exact) mass is 637 g/mol. The van der Waals surface area contributed by atoms with Gasteiger partial charge in [0, 0.05) is 9.13 Å². The summed E-state index contributed by atoms with van der Waals surface area (Å²) in [6, 6.07) is 21.3. The minimum Gasteiger partial charge on any atom is -0.487 e. The van der Waals surface area contributed by atoms with Crippen molar-refractivity contribution >= 4 is 72.4 Å². The van der Waals surface area contributed by atoms with Crippen molar-refractivity contribution in [3.05, 3.63) is 102 Å². The van der Waals surface area contributed by atoms with Crippen LogP contribution in [0.3, 0.4) is 0 Å². The molecule has 1 heterocycles. The first-order chi connectivity index (χ1) is 14.5. The fraction of sp³-hybridized carbons (Fsp3) is 0.0435. The summed E-state index contributed by atoms with van der Waals surface area (Å²) >= 11 is 9.39. The molecule has 0 amide bonds. The molecule has 30 heavy (non-hydrogen) atoms. The molecule has 1 aliphatic rings. The minimum atomic E-state index is -0.472. The van der Waals surface area contributed by atoms with E-state index < -0.39 is 5.97 Å². The Morgan fingerprint density at radius 1 is 1.00 bits per heavy atom. The molecule has 4 rings (SSSR count). The number of hydrogen-bond donors (Lipinski definition) is 0. The molecule has 0 radical (unpaired) electrons. The number of hydrogen-bond acceptors (Lipinski definition) is 4. The molecule has 150 valence electrons. The van der Waals surface area contributed by atoms with Gasteiger partial charge in [0.2, 0.25) is 5.90 Å². The topological polar surface area (TPSA) is 47.9 Å². The Hall–Kier alpha value is -1.97. The van der Waals surface area contributed by atoms with Crippen LogP contribution < -0.4 is 4.74 Å². The average Bonchev–Trinajstić information content (AvgIpc) is 3.10. The van der Waals surface area contributed by atoms with Gasteiger partial charge < -0.3 is 9.47 Å².